The molecule has 5 nitrogen and oxygen atoms in total. The van der Waals surface area contributed by atoms with Gasteiger partial charge < -0.3 is 4.74 Å². The van der Waals surface area contributed by atoms with Gasteiger partial charge in [0.25, 0.3) is 0 Å². The van der Waals surface area contributed by atoms with E-state index < -0.39 is 17.5 Å². The highest BCUT2D eigenvalue weighted by atomic mass is 35.5. The van der Waals surface area contributed by atoms with Crippen LogP contribution in [0.25, 0.3) is 10.6 Å². The second-order valence-electron chi connectivity index (χ2n) is 5.09. The zero-order valence-electron chi connectivity index (χ0n) is 12.6. The van der Waals surface area contributed by atoms with Crippen molar-refractivity contribution in [1.29, 1.82) is 0 Å². The second kappa shape index (κ2) is 6.52. The van der Waals surface area contributed by atoms with Crippen LogP contribution in [-0.2, 0) is 4.74 Å². The van der Waals surface area contributed by atoms with Gasteiger partial charge in [0.05, 0.1) is 6.20 Å². The minimum Gasteiger partial charge on any atom is -0.430 e. The Morgan fingerprint density at radius 2 is 2.22 bits per heavy atom. The van der Waals surface area contributed by atoms with Crippen molar-refractivity contribution in [2.75, 3.05) is 11.9 Å². The predicted molar refractivity (Wildman–Crippen MR) is 88.1 cm³/mol. The quantitative estimate of drug-likeness (QED) is 0.783. The number of hydrogen-bond acceptors (Lipinski definition) is 5. The maximum absolute atomic E-state index is 13.2. The van der Waals surface area contributed by atoms with Crippen LogP contribution in [0.2, 0.25) is 5.15 Å². The molecule has 0 atom stereocenters. The van der Waals surface area contributed by atoms with Crippen LogP contribution in [0.1, 0.15) is 13.8 Å². The van der Waals surface area contributed by atoms with Gasteiger partial charge >= 0.3 is 6.09 Å². The normalized spacial score (nSPS) is 11.0. The van der Waals surface area contributed by atoms with Crippen molar-refractivity contribution in [3.8, 4) is 22.9 Å². The Morgan fingerprint density at radius 1 is 1.52 bits per heavy atom. The van der Waals surface area contributed by atoms with Gasteiger partial charge in [0, 0.05) is 18.8 Å². The number of aromatic nitrogens is 2. The van der Waals surface area contributed by atoms with Crippen LogP contribution in [0.5, 0.6) is 0 Å². The third-order valence-corrected chi connectivity index (χ3v) is 4.35. The fourth-order valence-electron chi connectivity index (χ4n) is 1.55. The molecule has 0 aliphatic carbocycles. The Hall–Kier alpha value is -2.17. The number of carbonyl (C=O) groups is 1. The molecule has 0 radical (unpaired) electrons. The molecule has 0 spiro atoms. The highest BCUT2D eigenvalue weighted by Gasteiger charge is 2.26. The fourth-order valence-corrected chi connectivity index (χ4v) is 2.82. The van der Waals surface area contributed by atoms with Crippen LogP contribution in [-0.4, -0.2) is 28.7 Å². The molecule has 2 aromatic rings. The average molecular weight is 354 g/mol. The number of nitrogens with zero attached hydrogens (tertiary/aromatic N) is 3. The van der Waals surface area contributed by atoms with Crippen LogP contribution >= 0.6 is 22.9 Å². The lowest BCUT2D eigenvalue weighted by molar-refractivity contribution is 0.0854. The molecule has 0 fully saturated rings. The van der Waals surface area contributed by atoms with Crippen molar-refractivity contribution in [3.05, 3.63) is 29.4 Å². The third-order valence-electron chi connectivity index (χ3n) is 2.79. The molecular weight excluding hydrogens is 341 g/mol. The number of amides is 1. The van der Waals surface area contributed by atoms with E-state index >= 15 is 0 Å². The summed E-state index contributed by atoms with van der Waals surface area (Å²) < 4.78 is 18.4. The van der Waals surface area contributed by atoms with E-state index in [2.05, 4.69) is 15.9 Å². The first-order valence-electron chi connectivity index (χ1n) is 6.45. The zero-order chi connectivity index (χ0) is 17.2. The van der Waals surface area contributed by atoms with E-state index in [0.717, 1.165) is 17.5 Å². The molecular formula is C15H13ClFN3O2S. The third kappa shape index (κ3) is 3.97. The monoisotopic (exact) mass is 353 g/mol. The summed E-state index contributed by atoms with van der Waals surface area (Å²) in [7, 11) is 1.49. The number of pyridine rings is 1. The molecule has 0 saturated heterocycles. The van der Waals surface area contributed by atoms with Gasteiger partial charge in [-0.3, -0.25) is 9.88 Å². The fraction of sp³-hybridized carbons (Fsp3) is 0.267. The summed E-state index contributed by atoms with van der Waals surface area (Å²) in [5.41, 5.74) is -0.577. The van der Waals surface area contributed by atoms with Crippen LogP contribution in [0.3, 0.4) is 0 Å². The molecule has 0 aliphatic heterocycles. The summed E-state index contributed by atoms with van der Waals surface area (Å²) in [5, 5.41) is 0.906. The van der Waals surface area contributed by atoms with Gasteiger partial charge in [0.2, 0.25) is 0 Å². The molecule has 120 valence electrons. The summed E-state index contributed by atoms with van der Waals surface area (Å²) in [6.45, 7) is 3.19. The number of terminal acetylenes is 1. The first kappa shape index (κ1) is 17.2. The predicted octanol–water partition coefficient (Wildman–Crippen LogP) is 3.98. The summed E-state index contributed by atoms with van der Waals surface area (Å²) in [6, 6.07) is 1.28. The van der Waals surface area contributed by atoms with Crippen molar-refractivity contribution in [2.24, 2.45) is 0 Å². The maximum atomic E-state index is 13.2. The number of rotatable bonds is 3. The SMILES string of the molecule is C#CC(C)(C)OC(=O)N(C)c1sc(-c2cncc(F)c2)nc1Cl. The zero-order valence-corrected chi connectivity index (χ0v) is 14.2. The molecule has 0 unspecified atom stereocenters. The first-order chi connectivity index (χ1) is 10.7. The second-order valence-corrected chi connectivity index (χ2v) is 6.42. The van der Waals surface area contributed by atoms with E-state index in [-0.39, 0.29) is 5.15 Å². The lowest BCUT2D eigenvalue weighted by Gasteiger charge is -2.22. The van der Waals surface area contributed by atoms with Gasteiger partial charge in [-0.25, -0.2) is 14.2 Å². The van der Waals surface area contributed by atoms with Gasteiger partial charge in [-0.15, -0.1) is 6.42 Å². The molecule has 2 heterocycles. The van der Waals surface area contributed by atoms with Gasteiger partial charge in [0.1, 0.15) is 15.8 Å². The molecule has 8 heteroatoms. The molecule has 0 aliphatic rings. The lowest BCUT2D eigenvalue weighted by atomic mass is 10.1. The van der Waals surface area contributed by atoms with Crippen LogP contribution < -0.4 is 4.90 Å². The van der Waals surface area contributed by atoms with E-state index in [9.17, 15) is 9.18 Å². The Kier molecular flexibility index (Phi) is 4.88. The maximum Gasteiger partial charge on any atom is 0.416 e. The largest absolute Gasteiger partial charge is 0.430 e. The highest BCUT2D eigenvalue weighted by Crippen LogP contribution is 2.37. The van der Waals surface area contributed by atoms with E-state index in [1.165, 1.54) is 24.2 Å². The number of halogens is 2. The van der Waals surface area contributed by atoms with Crippen LogP contribution in [0, 0.1) is 18.2 Å². The number of thiazole rings is 1. The van der Waals surface area contributed by atoms with Gasteiger partial charge in [-0.05, 0) is 19.9 Å². The Labute approximate surface area is 142 Å². The molecule has 0 N–H and O–H groups in total. The van der Waals surface area contributed by atoms with E-state index in [1.807, 2.05) is 0 Å². The summed E-state index contributed by atoms with van der Waals surface area (Å²) in [4.78, 5) is 21.2. The highest BCUT2D eigenvalue weighted by molar-refractivity contribution is 7.19. The number of carbonyl (C=O) groups excluding carboxylic acids is 1. The smallest absolute Gasteiger partial charge is 0.416 e. The van der Waals surface area contributed by atoms with Crippen molar-refractivity contribution in [3.63, 3.8) is 0 Å². The molecule has 0 bridgehead atoms. The van der Waals surface area contributed by atoms with Crippen molar-refractivity contribution in [2.45, 2.75) is 19.4 Å². The molecule has 2 aromatic heterocycles. The average Bonchev–Trinajstić information content (AvgIpc) is 2.88. The first-order valence-corrected chi connectivity index (χ1v) is 7.64. The summed E-state index contributed by atoms with van der Waals surface area (Å²) in [6.07, 6.45) is 7.18. The van der Waals surface area contributed by atoms with Crippen molar-refractivity contribution < 1.29 is 13.9 Å². The standard InChI is InChI=1S/C15H13ClFN3O2S/c1-5-15(2,3)22-14(21)20(4)13-11(16)19-12(23-13)9-6-10(17)8-18-7-9/h1,6-8H,2-4H3. The number of hydrogen-bond donors (Lipinski definition) is 0. The Morgan fingerprint density at radius 3 is 2.83 bits per heavy atom. The summed E-state index contributed by atoms with van der Waals surface area (Å²) >= 11 is 7.19. The number of ether oxygens (including phenoxy) is 1. The van der Waals surface area contributed by atoms with Crippen molar-refractivity contribution in [1.82, 2.24) is 9.97 Å². The lowest BCUT2D eigenvalue weighted by Crippen LogP contribution is -2.34. The topological polar surface area (TPSA) is 55.3 Å². The van der Waals surface area contributed by atoms with E-state index in [1.54, 1.807) is 13.8 Å². The minimum absolute atomic E-state index is 0.104. The van der Waals surface area contributed by atoms with Crippen LogP contribution in [0.15, 0.2) is 18.5 Å². The molecule has 2 rings (SSSR count). The van der Waals surface area contributed by atoms with Gasteiger partial charge in [0.15, 0.2) is 10.8 Å². The van der Waals surface area contributed by atoms with Crippen molar-refractivity contribution >= 4 is 34.0 Å². The number of anilines is 1. The van der Waals surface area contributed by atoms with E-state index in [0.29, 0.717) is 15.6 Å². The summed E-state index contributed by atoms with van der Waals surface area (Å²) in [5.74, 6) is 1.88. The van der Waals surface area contributed by atoms with Gasteiger partial charge in [-0.1, -0.05) is 28.9 Å². The van der Waals surface area contributed by atoms with Crippen LogP contribution in [0.4, 0.5) is 14.2 Å². The molecule has 0 aromatic carbocycles. The minimum atomic E-state index is -1.04. The van der Waals surface area contributed by atoms with E-state index in [4.69, 9.17) is 22.8 Å². The Balaban J connectivity index is 2.28. The van der Waals surface area contributed by atoms with Gasteiger partial charge in [-0.2, -0.15) is 0 Å². The molecule has 1 amide bonds. The Bertz CT molecular complexity index is 785. The molecule has 0 saturated carbocycles. The molecule has 23 heavy (non-hydrogen) atoms.